The molecule has 7 rings (SSSR count). The molecule has 0 radical (unpaired) electrons. The van der Waals surface area contributed by atoms with Gasteiger partial charge in [0, 0.05) is 24.9 Å². The summed E-state index contributed by atoms with van der Waals surface area (Å²) in [5.41, 5.74) is 4.74. The minimum atomic E-state index is -5.28. The third-order valence-electron chi connectivity index (χ3n) is 8.20. The maximum Gasteiger partial charge on any atom is 0.472 e. The summed E-state index contributed by atoms with van der Waals surface area (Å²) in [5.74, 6) is -0.405. The van der Waals surface area contributed by atoms with E-state index < -0.39 is 94.3 Å². The number of halogens is 2. The number of hydrogen-bond acceptors (Lipinski definition) is 17. The van der Waals surface area contributed by atoms with Crippen LogP contribution in [0, 0.1) is 0 Å². The average molecular weight is 804 g/mol. The molecule has 53 heavy (non-hydrogen) atoms. The number of alkyl halides is 2. The monoisotopic (exact) mass is 803 g/mol. The van der Waals surface area contributed by atoms with Gasteiger partial charge in [-0.25, -0.2) is 37.7 Å². The first-order valence-electron chi connectivity index (χ1n) is 15.5. The molecular formula is C28H29F2N7O13P2S. The number of phosphoric acid groups is 1. The number of aromatic amines is 1. The third-order valence-corrected chi connectivity index (χ3v) is 12.8. The molecule has 3 saturated heterocycles. The smallest absolute Gasteiger partial charge is 0.427 e. The van der Waals surface area contributed by atoms with Crippen molar-refractivity contribution in [2.24, 2.45) is 0 Å². The molecule has 3 aliphatic rings. The lowest BCUT2D eigenvalue weighted by Gasteiger charge is -2.27. The molecule has 3 aliphatic heterocycles. The van der Waals surface area contributed by atoms with Gasteiger partial charge >= 0.3 is 26.3 Å². The molecule has 3 fully saturated rings. The van der Waals surface area contributed by atoms with Gasteiger partial charge < -0.3 is 24.8 Å². The lowest BCUT2D eigenvalue weighted by molar-refractivity contribution is -0.131. The number of H-pyrrole nitrogens is 1. The number of phosphoric ester groups is 1. The van der Waals surface area contributed by atoms with Crippen LogP contribution < -0.4 is 21.7 Å². The summed E-state index contributed by atoms with van der Waals surface area (Å²) in [4.78, 5) is 60.4. The second kappa shape index (κ2) is 14.7. The Kier molecular flexibility index (Phi) is 10.4. The Hall–Kier alpha value is -3.89. The molecule has 25 heteroatoms. The van der Waals surface area contributed by atoms with E-state index in [-0.39, 0.29) is 28.5 Å². The molecule has 3 aromatic heterocycles. The highest BCUT2D eigenvalue weighted by atomic mass is 32.7. The number of rotatable bonds is 6. The minimum absolute atomic E-state index is 0.0108. The molecule has 4 aromatic rings. The Balaban J connectivity index is 1.22. The first kappa shape index (κ1) is 37.4. The lowest BCUT2D eigenvalue weighted by Crippen LogP contribution is -2.37. The van der Waals surface area contributed by atoms with E-state index in [9.17, 15) is 28.4 Å². The van der Waals surface area contributed by atoms with Crippen molar-refractivity contribution in [1.29, 1.82) is 0 Å². The minimum Gasteiger partial charge on any atom is -0.427 e. The van der Waals surface area contributed by atoms with Crippen LogP contribution in [0.1, 0.15) is 24.9 Å². The van der Waals surface area contributed by atoms with Crippen molar-refractivity contribution >= 4 is 49.0 Å². The van der Waals surface area contributed by atoms with Gasteiger partial charge in [0.05, 0.1) is 19.5 Å². The molecule has 1 aromatic carbocycles. The van der Waals surface area contributed by atoms with Crippen molar-refractivity contribution in [2.45, 2.75) is 61.9 Å². The van der Waals surface area contributed by atoms with E-state index in [4.69, 9.17) is 38.0 Å². The Morgan fingerprint density at radius 2 is 1.74 bits per heavy atom. The fourth-order valence-electron chi connectivity index (χ4n) is 5.76. The molecule has 4 N–H and O–H groups in total. The summed E-state index contributed by atoms with van der Waals surface area (Å²) in [6.07, 6.45) is -11.7. The molecule has 6 heterocycles. The largest absolute Gasteiger partial charge is 0.472 e. The number of nitrogens with zero attached hydrogens (tertiary/aromatic N) is 5. The molecule has 0 aliphatic carbocycles. The zero-order valence-corrected chi connectivity index (χ0v) is 29.7. The molecule has 2 bridgehead atoms. The molecular weight excluding hydrogens is 774 g/mol. The highest BCUT2D eigenvalue weighted by Crippen LogP contribution is 2.64. The SMILES string of the molecule is CC(=O)Oc1ccc(CSP2(=O)OC[C@H]3O[C@@H](n4ccc(=O)[nH]c4=O)[C@H](OP(=O)(O)OC[C@H]4O[C@@H](n5cnc6c(N)ncnc65)[C@H](F)[C@@H]4O2)[C@@H]3F)cc1. The standard InChI is InChI=1S/C28H29F2N7O13P2S/c1-13(38)46-15-4-2-14(3-5-15)10-53-52(43)45-8-16-19(29)23(27(47-16)36-7-6-18(39)35-28(36)40)49-51(41,42)44-9-17-22(50-52)20(30)26(48-17)37-12-34-21-24(31)32-11-33-25(21)37/h2-7,11-12,16-17,19-20,22-23,26-27H,8-10H2,1H3,(H,41,42)(H2,31,32,33)(H,35,39,40)/t16-,17-,19-,20-,22-,23-,26-,27-,52?/m1/s1. The predicted octanol–water partition coefficient (Wildman–Crippen LogP) is 2.31. The van der Waals surface area contributed by atoms with Gasteiger partial charge in [-0.2, -0.15) is 0 Å². The number of benzene rings is 1. The van der Waals surface area contributed by atoms with Crippen LogP contribution in [-0.4, -0.2) is 89.9 Å². The number of nitrogens with one attached hydrogen (secondary N) is 1. The second-order valence-electron chi connectivity index (χ2n) is 11.8. The van der Waals surface area contributed by atoms with Gasteiger partial charge in [0.2, 0.25) is 0 Å². The predicted molar refractivity (Wildman–Crippen MR) is 177 cm³/mol. The molecule has 0 amide bonds. The van der Waals surface area contributed by atoms with Crippen molar-refractivity contribution in [2.75, 3.05) is 18.9 Å². The van der Waals surface area contributed by atoms with Gasteiger partial charge in [-0.1, -0.05) is 12.1 Å². The third kappa shape index (κ3) is 7.86. The van der Waals surface area contributed by atoms with Crippen LogP contribution in [-0.2, 0) is 47.2 Å². The fourth-order valence-corrected chi connectivity index (χ4v) is 10.1. The zero-order chi connectivity index (χ0) is 37.7. The topological polar surface area (TPSA) is 261 Å². The van der Waals surface area contributed by atoms with E-state index in [0.717, 1.165) is 23.2 Å². The number of nitrogen functional groups attached to an aromatic ring is 1. The van der Waals surface area contributed by atoms with Gasteiger partial charge in [-0.05, 0) is 29.1 Å². The van der Waals surface area contributed by atoms with Crippen LogP contribution in [0.2, 0.25) is 0 Å². The van der Waals surface area contributed by atoms with Gasteiger partial charge in [0.25, 0.3) is 5.56 Å². The van der Waals surface area contributed by atoms with Crippen LogP contribution in [0.15, 0.2) is 58.8 Å². The van der Waals surface area contributed by atoms with Crippen molar-refractivity contribution in [1.82, 2.24) is 29.1 Å². The van der Waals surface area contributed by atoms with Crippen LogP contribution >= 0.6 is 26.0 Å². The van der Waals surface area contributed by atoms with E-state index in [2.05, 4.69) is 15.0 Å². The van der Waals surface area contributed by atoms with Gasteiger partial charge in [-0.15, -0.1) is 0 Å². The summed E-state index contributed by atoms with van der Waals surface area (Å²) < 4.78 is 101. The summed E-state index contributed by atoms with van der Waals surface area (Å²) in [6, 6.07) is 7.01. The van der Waals surface area contributed by atoms with Crippen molar-refractivity contribution < 1.29 is 59.9 Å². The van der Waals surface area contributed by atoms with E-state index in [0.29, 0.717) is 16.9 Å². The second-order valence-corrected chi connectivity index (χ2v) is 17.2. The van der Waals surface area contributed by atoms with Crippen molar-refractivity contribution in [3.63, 3.8) is 0 Å². The summed E-state index contributed by atoms with van der Waals surface area (Å²) in [7, 11) is -5.28. The average Bonchev–Trinajstić information content (AvgIpc) is 3.76. The zero-order valence-electron chi connectivity index (χ0n) is 27.1. The van der Waals surface area contributed by atoms with E-state index in [1.807, 2.05) is 4.98 Å². The summed E-state index contributed by atoms with van der Waals surface area (Å²) in [6.45, 7) is -5.16. The number of nitrogens with two attached hydrogens (primary N) is 1. The highest BCUT2D eigenvalue weighted by molar-refractivity contribution is 8.54. The Morgan fingerprint density at radius 3 is 2.47 bits per heavy atom. The molecule has 0 spiro atoms. The molecule has 2 unspecified atom stereocenters. The number of hydrogen-bond donors (Lipinski definition) is 3. The quantitative estimate of drug-likeness (QED) is 0.143. The maximum absolute atomic E-state index is 16.5. The number of aromatic nitrogens is 6. The van der Waals surface area contributed by atoms with Crippen molar-refractivity contribution in [3.8, 4) is 5.75 Å². The molecule has 284 valence electrons. The Labute approximate surface area is 299 Å². The number of anilines is 1. The van der Waals surface area contributed by atoms with E-state index in [1.54, 1.807) is 12.1 Å². The van der Waals surface area contributed by atoms with Gasteiger partial charge in [0.15, 0.2) is 36.3 Å². The fraction of sp³-hybridized carbons (Fsp3) is 0.429. The van der Waals surface area contributed by atoms with E-state index in [1.165, 1.54) is 30.0 Å². The van der Waals surface area contributed by atoms with Crippen LogP contribution in [0.3, 0.4) is 0 Å². The number of imidazole rings is 1. The lowest BCUT2D eigenvalue weighted by atomic mass is 10.1. The van der Waals surface area contributed by atoms with E-state index >= 15 is 8.78 Å². The number of fused-ring (bicyclic) bond motifs is 4. The number of carbonyl (C=O) groups is 1. The number of esters is 1. The maximum atomic E-state index is 16.5. The first-order chi connectivity index (χ1) is 25.2. The Bertz CT molecular complexity index is 2230. The first-order valence-corrected chi connectivity index (χ1v) is 20.2. The molecule has 0 saturated carbocycles. The summed E-state index contributed by atoms with van der Waals surface area (Å²) in [5, 5.41) is 0. The highest BCUT2D eigenvalue weighted by Gasteiger charge is 2.55. The molecule has 20 nitrogen and oxygen atoms in total. The normalized spacial score (nSPS) is 33.4. The van der Waals surface area contributed by atoms with Crippen LogP contribution in [0.5, 0.6) is 5.75 Å². The van der Waals surface area contributed by atoms with Crippen molar-refractivity contribution in [3.05, 3.63) is 75.6 Å². The van der Waals surface area contributed by atoms with Gasteiger partial charge in [-0.3, -0.25) is 41.8 Å². The van der Waals surface area contributed by atoms with Crippen LogP contribution in [0.4, 0.5) is 14.6 Å². The molecule has 10 atom stereocenters. The number of carbonyl (C=O) groups excluding carboxylic acids is 1. The summed E-state index contributed by atoms with van der Waals surface area (Å²) >= 11 is 0.587. The number of ether oxygens (including phenoxy) is 3. The van der Waals surface area contributed by atoms with Gasteiger partial charge in [0.1, 0.15) is 42.0 Å². The Morgan fingerprint density at radius 1 is 1.00 bits per heavy atom. The van der Waals surface area contributed by atoms with Crippen LogP contribution in [0.25, 0.3) is 11.2 Å².